The molecule has 0 fully saturated rings. The molecule has 4 rings (SSSR count). The monoisotopic (exact) mass is 389 g/mol. The number of imidazole rings is 1. The molecule has 0 aliphatic rings. The standard InChI is InChI=1S/C21H23N7O/c1-14(2)28-13-24-18-19(23-12-7-15-3-5-17(29)6-4-15)26-21(27-20(18)28)25-16-8-10-22-11-9-16/h3-6,8-11,13-14,29H,7,12H2,1-2H3,(H2,22,23,25,26,27). The van der Waals surface area contributed by atoms with E-state index in [9.17, 15) is 5.11 Å². The van der Waals surface area contributed by atoms with Crippen LogP contribution in [-0.4, -0.2) is 36.2 Å². The third-order valence-electron chi connectivity index (χ3n) is 4.56. The molecule has 0 radical (unpaired) electrons. The first-order chi connectivity index (χ1) is 14.1. The van der Waals surface area contributed by atoms with Crippen LogP contribution in [0.4, 0.5) is 17.5 Å². The van der Waals surface area contributed by atoms with Gasteiger partial charge < -0.3 is 20.3 Å². The highest BCUT2D eigenvalue weighted by molar-refractivity contribution is 5.84. The predicted octanol–water partition coefficient (Wildman–Crippen LogP) is 3.91. The molecule has 4 aromatic rings. The van der Waals surface area contributed by atoms with Crippen LogP contribution in [0.1, 0.15) is 25.5 Å². The Morgan fingerprint density at radius 3 is 2.52 bits per heavy atom. The smallest absolute Gasteiger partial charge is 0.231 e. The van der Waals surface area contributed by atoms with E-state index in [2.05, 4.69) is 44.4 Å². The summed E-state index contributed by atoms with van der Waals surface area (Å²) in [5, 5.41) is 16.0. The van der Waals surface area contributed by atoms with E-state index in [4.69, 9.17) is 0 Å². The Morgan fingerprint density at radius 2 is 1.79 bits per heavy atom. The van der Waals surface area contributed by atoms with Crippen molar-refractivity contribution in [2.24, 2.45) is 0 Å². The summed E-state index contributed by atoms with van der Waals surface area (Å²) in [5.74, 6) is 1.45. The highest BCUT2D eigenvalue weighted by atomic mass is 16.3. The Kier molecular flexibility index (Phi) is 5.24. The maximum absolute atomic E-state index is 9.42. The number of pyridine rings is 1. The van der Waals surface area contributed by atoms with E-state index in [1.807, 2.05) is 28.8 Å². The lowest BCUT2D eigenvalue weighted by Gasteiger charge is -2.12. The molecular weight excluding hydrogens is 366 g/mol. The molecule has 3 aromatic heterocycles. The van der Waals surface area contributed by atoms with Crippen molar-refractivity contribution in [2.75, 3.05) is 17.2 Å². The minimum absolute atomic E-state index is 0.230. The Bertz CT molecular complexity index is 1090. The lowest BCUT2D eigenvalue weighted by atomic mass is 10.1. The number of fused-ring (bicyclic) bond motifs is 1. The number of hydrogen-bond donors (Lipinski definition) is 3. The minimum atomic E-state index is 0.230. The van der Waals surface area contributed by atoms with E-state index < -0.39 is 0 Å². The van der Waals surface area contributed by atoms with Crippen molar-refractivity contribution in [3.05, 3.63) is 60.7 Å². The average Bonchev–Trinajstić information content (AvgIpc) is 3.15. The second kappa shape index (κ2) is 8.14. The number of nitrogens with zero attached hydrogens (tertiary/aromatic N) is 5. The fourth-order valence-electron chi connectivity index (χ4n) is 3.03. The third-order valence-corrected chi connectivity index (χ3v) is 4.56. The topological polar surface area (TPSA) is 101 Å². The summed E-state index contributed by atoms with van der Waals surface area (Å²) >= 11 is 0. The number of aromatic hydroxyl groups is 1. The minimum Gasteiger partial charge on any atom is -0.508 e. The van der Waals surface area contributed by atoms with Crippen LogP contribution in [0.2, 0.25) is 0 Å². The number of rotatable bonds is 7. The molecule has 0 atom stereocenters. The van der Waals surface area contributed by atoms with Gasteiger partial charge in [0, 0.05) is 30.7 Å². The Balaban J connectivity index is 1.61. The van der Waals surface area contributed by atoms with Crippen LogP contribution in [0.25, 0.3) is 11.2 Å². The summed E-state index contributed by atoms with van der Waals surface area (Å²) in [6.45, 7) is 4.87. The summed E-state index contributed by atoms with van der Waals surface area (Å²) < 4.78 is 2.03. The van der Waals surface area contributed by atoms with Crippen molar-refractivity contribution in [2.45, 2.75) is 26.3 Å². The third kappa shape index (κ3) is 4.26. The maximum Gasteiger partial charge on any atom is 0.231 e. The number of nitrogens with one attached hydrogen (secondary N) is 2. The van der Waals surface area contributed by atoms with Crippen LogP contribution >= 0.6 is 0 Å². The Labute approximate surface area is 168 Å². The van der Waals surface area contributed by atoms with E-state index in [0.29, 0.717) is 18.3 Å². The summed E-state index contributed by atoms with van der Waals surface area (Å²) in [4.78, 5) is 17.9. The van der Waals surface area contributed by atoms with Gasteiger partial charge in [0.2, 0.25) is 5.95 Å². The van der Waals surface area contributed by atoms with Crippen LogP contribution in [0.5, 0.6) is 5.75 Å². The fraction of sp³-hybridized carbons (Fsp3) is 0.238. The van der Waals surface area contributed by atoms with Gasteiger partial charge in [0.1, 0.15) is 5.75 Å². The number of hydrogen-bond acceptors (Lipinski definition) is 7. The molecule has 148 valence electrons. The highest BCUT2D eigenvalue weighted by Crippen LogP contribution is 2.24. The van der Waals surface area contributed by atoms with Gasteiger partial charge in [0.25, 0.3) is 0 Å². The van der Waals surface area contributed by atoms with Gasteiger partial charge in [-0.25, -0.2) is 4.98 Å². The van der Waals surface area contributed by atoms with Crippen molar-refractivity contribution in [3.8, 4) is 5.75 Å². The van der Waals surface area contributed by atoms with Crippen LogP contribution < -0.4 is 10.6 Å². The van der Waals surface area contributed by atoms with Crippen LogP contribution in [0.15, 0.2) is 55.1 Å². The van der Waals surface area contributed by atoms with Crippen molar-refractivity contribution in [1.82, 2.24) is 24.5 Å². The molecule has 3 N–H and O–H groups in total. The maximum atomic E-state index is 9.42. The molecule has 8 nitrogen and oxygen atoms in total. The molecule has 1 aromatic carbocycles. The molecule has 0 aliphatic heterocycles. The van der Waals surface area contributed by atoms with E-state index in [1.165, 1.54) is 0 Å². The zero-order chi connectivity index (χ0) is 20.2. The second-order valence-electron chi connectivity index (χ2n) is 7.02. The highest BCUT2D eigenvalue weighted by Gasteiger charge is 2.15. The Morgan fingerprint density at radius 1 is 1.03 bits per heavy atom. The summed E-state index contributed by atoms with van der Waals surface area (Å²) in [6, 6.07) is 11.2. The molecule has 0 spiro atoms. The van der Waals surface area contributed by atoms with Gasteiger partial charge in [-0.1, -0.05) is 12.1 Å². The summed E-state index contributed by atoms with van der Waals surface area (Å²) in [5.41, 5.74) is 3.51. The van der Waals surface area contributed by atoms with Crippen LogP contribution in [0, 0.1) is 0 Å². The zero-order valence-electron chi connectivity index (χ0n) is 16.4. The number of phenols is 1. The molecule has 0 bridgehead atoms. The van der Waals surface area contributed by atoms with Gasteiger partial charge >= 0.3 is 0 Å². The van der Waals surface area contributed by atoms with Gasteiger partial charge in [0.15, 0.2) is 17.0 Å². The molecule has 0 amide bonds. The molecule has 0 aliphatic carbocycles. The fourth-order valence-corrected chi connectivity index (χ4v) is 3.03. The van der Waals surface area contributed by atoms with Gasteiger partial charge in [-0.15, -0.1) is 0 Å². The largest absolute Gasteiger partial charge is 0.508 e. The quantitative estimate of drug-likeness (QED) is 0.440. The first-order valence-electron chi connectivity index (χ1n) is 9.53. The first kappa shape index (κ1) is 18.7. The molecule has 29 heavy (non-hydrogen) atoms. The predicted molar refractivity (Wildman–Crippen MR) is 114 cm³/mol. The molecule has 0 saturated carbocycles. The van der Waals surface area contributed by atoms with Crippen LogP contribution in [-0.2, 0) is 6.42 Å². The number of phenolic OH excluding ortho intramolecular Hbond substituents is 1. The molecule has 3 heterocycles. The number of benzene rings is 1. The van der Waals surface area contributed by atoms with E-state index >= 15 is 0 Å². The lowest BCUT2D eigenvalue weighted by molar-refractivity contribution is 0.475. The van der Waals surface area contributed by atoms with Crippen molar-refractivity contribution < 1.29 is 5.11 Å². The molecular formula is C21H23N7O. The first-order valence-corrected chi connectivity index (χ1v) is 9.53. The zero-order valence-corrected chi connectivity index (χ0v) is 16.4. The molecule has 0 unspecified atom stereocenters. The van der Waals surface area contributed by atoms with Gasteiger partial charge in [-0.2, -0.15) is 9.97 Å². The molecule has 8 heteroatoms. The van der Waals surface area contributed by atoms with Crippen molar-refractivity contribution >= 4 is 28.6 Å². The molecule has 0 saturated heterocycles. The summed E-state index contributed by atoms with van der Waals surface area (Å²) in [6.07, 6.45) is 6.03. The van der Waals surface area contributed by atoms with Gasteiger partial charge in [0.05, 0.1) is 6.33 Å². The van der Waals surface area contributed by atoms with Crippen molar-refractivity contribution in [3.63, 3.8) is 0 Å². The van der Waals surface area contributed by atoms with E-state index in [0.717, 1.165) is 28.8 Å². The lowest BCUT2D eigenvalue weighted by Crippen LogP contribution is -2.10. The Hall–Kier alpha value is -3.68. The van der Waals surface area contributed by atoms with E-state index in [-0.39, 0.29) is 11.8 Å². The second-order valence-corrected chi connectivity index (χ2v) is 7.02. The van der Waals surface area contributed by atoms with Gasteiger partial charge in [-0.3, -0.25) is 4.98 Å². The van der Waals surface area contributed by atoms with Gasteiger partial charge in [-0.05, 0) is 50.1 Å². The normalized spacial score (nSPS) is 11.1. The SMILES string of the molecule is CC(C)n1cnc2c(NCCc3ccc(O)cc3)nc(Nc3ccncc3)nc21. The number of anilines is 3. The average molecular weight is 389 g/mol. The van der Waals surface area contributed by atoms with Crippen molar-refractivity contribution in [1.29, 1.82) is 0 Å². The summed E-state index contributed by atoms with van der Waals surface area (Å²) in [7, 11) is 0. The van der Waals surface area contributed by atoms with E-state index in [1.54, 1.807) is 30.9 Å². The number of aromatic nitrogens is 5. The van der Waals surface area contributed by atoms with Crippen LogP contribution in [0.3, 0.4) is 0 Å².